The van der Waals surface area contributed by atoms with Gasteiger partial charge >= 0.3 is 0 Å². The average Bonchev–Trinajstić information content (AvgIpc) is 3.62. The molecule has 1 atom stereocenters. The van der Waals surface area contributed by atoms with Crippen molar-refractivity contribution < 1.29 is 0 Å². The van der Waals surface area contributed by atoms with Crippen molar-refractivity contribution in [3.63, 3.8) is 0 Å². The smallest absolute Gasteiger partial charge is 0.00921 e. The Morgan fingerprint density at radius 2 is 0.468 bits per heavy atom. The summed E-state index contributed by atoms with van der Waals surface area (Å²) in [6, 6.07) is 101. The largest absolute Gasteiger partial charge is 0.0833 e. The molecule has 0 spiro atoms. The first-order valence-electron chi connectivity index (χ1n) is 27.9. The van der Waals surface area contributed by atoms with E-state index in [9.17, 15) is 0 Å². The van der Waals surface area contributed by atoms with Gasteiger partial charge in [0.2, 0.25) is 0 Å². The number of benzene rings is 15. The van der Waals surface area contributed by atoms with Gasteiger partial charge in [0.25, 0.3) is 0 Å². The molecule has 0 aromatic heterocycles. The van der Waals surface area contributed by atoms with Crippen LogP contribution in [-0.2, 0) is 0 Å². The molecule has 368 valence electrons. The Labute approximate surface area is 459 Å². The summed E-state index contributed by atoms with van der Waals surface area (Å²) in [6.07, 6.45) is 5.70. The first-order valence-corrected chi connectivity index (χ1v) is 27.9. The summed E-state index contributed by atoms with van der Waals surface area (Å²) in [4.78, 5) is 0. The number of rotatable bonds is 6. The van der Waals surface area contributed by atoms with Gasteiger partial charge in [-0.1, -0.05) is 250 Å². The molecule has 79 heavy (non-hydrogen) atoms. The Bertz CT molecular complexity index is 4930. The summed E-state index contributed by atoms with van der Waals surface area (Å²) in [5.41, 5.74) is 17.5. The molecule has 0 heteroatoms. The van der Waals surface area contributed by atoms with E-state index in [0.29, 0.717) is 5.92 Å². The van der Waals surface area contributed by atoms with Crippen LogP contribution in [0.2, 0.25) is 0 Å². The molecular formula is C79H52. The molecule has 0 bridgehead atoms. The van der Waals surface area contributed by atoms with E-state index in [4.69, 9.17) is 0 Å². The van der Waals surface area contributed by atoms with Crippen molar-refractivity contribution in [1.29, 1.82) is 0 Å². The third kappa shape index (κ3) is 7.22. The first-order chi connectivity index (χ1) is 39.1. The van der Waals surface area contributed by atoms with Crippen LogP contribution in [0.4, 0.5) is 0 Å². The van der Waals surface area contributed by atoms with Gasteiger partial charge in [-0.05, 0) is 213 Å². The maximum Gasteiger partial charge on any atom is -0.00921 e. The molecule has 0 saturated heterocycles. The molecule has 16 rings (SSSR count). The summed E-state index contributed by atoms with van der Waals surface area (Å²) in [5.74, 6) is 0.359. The molecule has 0 radical (unpaired) electrons. The van der Waals surface area contributed by atoms with E-state index >= 15 is 0 Å². The predicted molar refractivity (Wildman–Crippen MR) is 341 cm³/mol. The Balaban J connectivity index is 1.15. The zero-order chi connectivity index (χ0) is 52.1. The highest BCUT2D eigenvalue weighted by Gasteiger charge is 2.26. The van der Waals surface area contributed by atoms with Gasteiger partial charge in [0, 0.05) is 0 Å². The molecule has 1 aliphatic carbocycles. The van der Waals surface area contributed by atoms with Gasteiger partial charge in [0.15, 0.2) is 0 Å². The van der Waals surface area contributed by atoms with Gasteiger partial charge in [-0.15, -0.1) is 0 Å². The van der Waals surface area contributed by atoms with Crippen LogP contribution in [0.25, 0.3) is 159 Å². The summed E-state index contributed by atoms with van der Waals surface area (Å²) >= 11 is 0. The van der Waals surface area contributed by atoms with Gasteiger partial charge in [0.05, 0.1) is 0 Å². The molecule has 0 nitrogen and oxygen atoms in total. The second kappa shape index (κ2) is 18.1. The summed E-state index contributed by atoms with van der Waals surface area (Å²) in [6.45, 7) is 2.40. The standard InChI is InChI=1S/C79H52/c1-49-19-12-30-55-31-18-42-66(79(49)55)72-48-78-76-46-70(64-40-16-28-53-23-5-10-35-59(53)64)68(62-38-14-26-51-21-3-8-33-57(51)62)44-74(76)73-43-67(61-37-13-25-50-20-2-7-32-56(50)61)69(63-39-15-27-52-22-4-9-34-58(52)63)45-75(73)77(78)47-71(72)65-41-17-29-54-24-6-11-36-60(54)65/h2-18,20-49H,19H2,1H3. The summed E-state index contributed by atoms with van der Waals surface area (Å²) < 4.78 is 0. The third-order valence-electron chi connectivity index (χ3n) is 17.5. The molecule has 15 aromatic rings. The molecular weight excluding hydrogens is 949 g/mol. The lowest BCUT2D eigenvalue weighted by Gasteiger charge is -2.25. The molecule has 0 fully saturated rings. The minimum atomic E-state index is 0.359. The fourth-order valence-corrected chi connectivity index (χ4v) is 13.8. The normalized spacial score (nSPS) is 13.4. The molecule has 0 aliphatic heterocycles. The molecule has 15 aromatic carbocycles. The SMILES string of the molecule is CC1CC=Cc2cccc(-c3cc4c(cc3-c3cccc5ccccc35)c3cc(-c5cccc6ccccc56)c(-c5cccc6ccccc56)cc3c3cc(-c5cccc6ccccc56)c(-c5cccc6ccccc56)cc43)c21. The molecule has 1 aliphatic rings. The van der Waals surface area contributed by atoms with E-state index in [1.807, 2.05) is 0 Å². The number of allylic oxidation sites excluding steroid dienone is 1. The molecule has 0 amide bonds. The van der Waals surface area contributed by atoms with E-state index in [-0.39, 0.29) is 0 Å². The highest BCUT2D eigenvalue weighted by Crippen LogP contribution is 2.52. The minimum Gasteiger partial charge on any atom is -0.0833 e. The van der Waals surface area contributed by atoms with Crippen molar-refractivity contribution in [2.75, 3.05) is 0 Å². The van der Waals surface area contributed by atoms with Gasteiger partial charge in [-0.2, -0.15) is 0 Å². The lowest BCUT2D eigenvalue weighted by molar-refractivity contribution is 0.774. The van der Waals surface area contributed by atoms with Crippen LogP contribution in [-0.4, -0.2) is 0 Å². The Morgan fingerprint density at radius 3 is 0.772 bits per heavy atom. The van der Waals surface area contributed by atoms with Crippen LogP contribution < -0.4 is 0 Å². The number of hydrogen-bond donors (Lipinski definition) is 0. The van der Waals surface area contributed by atoms with E-state index in [0.717, 1.165) is 6.42 Å². The van der Waals surface area contributed by atoms with E-state index in [1.165, 1.54) is 164 Å². The maximum atomic E-state index is 2.59. The molecule has 0 saturated carbocycles. The van der Waals surface area contributed by atoms with Crippen LogP contribution in [0.1, 0.15) is 30.4 Å². The second-order valence-corrected chi connectivity index (χ2v) is 21.8. The Kier molecular flexibility index (Phi) is 10.4. The van der Waals surface area contributed by atoms with E-state index in [1.54, 1.807) is 0 Å². The molecule has 0 heterocycles. The highest BCUT2D eigenvalue weighted by atomic mass is 14.3. The van der Waals surface area contributed by atoms with Gasteiger partial charge < -0.3 is 0 Å². The van der Waals surface area contributed by atoms with Crippen molar-refractivity contribution in [2.24, 2.45) is 0 Å². The topological polar surface area (TPSA) is 0 Å². The quantitative estimate of drug-likeness (QED) is 0.146. The lowest BCUT2D eigenvalue weighted by atomic mass is 9.78. The fraction of sp³-hybridized carbons (Fsp3) is 0.0380. The van der Waals surface area contributed by atoms with Crippen LogP contribution in [0, 0.1) is 0 Å². The van der Waals surface area contributed by atoms with Crippen molar-refractivity contribution in [1.82, 2.24) is 0 Å². The third-order valence-corrected chi connectivity index (χ3v) is 17.5. The molecule has 1 unspecified atom stereocenters. The lowest BCUT2D eigenvalue weighted by Crippen LogP contribution is -2.03. The summed E-state index contributed by atoms with van der Waals surface area (Å²) in [5, 5.41) is 19.8. The van der Waals surface area contributed by atoms with E-state index in [2.05, 4.69) is 286 Å². The van der Waals surface area contributed by atoms with Crippen molar-refractivity contribution in [3.8, 4) is 66.8 Å². The molecule has 0 N–H and O–H groups in total. The highest BCUT2D eigenvalue weighted by molar-refractivity contribution is 6.30. The van der Waals surface area contributed by atoms with Gasteiger partial charge in [0.1, 0.15) is 0 Å². The average molecular weight is 1000 g/mol. The van der Waals surface area contributed by atoms with Crippen molar-refractivity contribution >= 4 is 92.3 Å². The predicted octanol–water partition coefficient (Wildman–Crippen LogP) is 22.4. The number of fused-ring (bicyclic) bond motifs is 12. The van der Waals surface area contributed by atoms with Crippen LogP contribution >= 0.6 is 0 Å². The van der Waals surface area contributed by atoms with Crippen molar-refractivity contribution in [3.05, 3.63) is 284 Å². The van der Waals surface area contributed by atoms with Gasteiger partial charge in [-0.25, -0.2) is 0 Å². The Hall–Kier alpha value is -9.88. The fourth-order valence-electron chi connectivity index (χ4n) is 13.8. The minimum absolute atomic E-state index is 0.359. The van der Waals surface area contributed by atoms with Gasteiger partial charge in [-0.3, -0.25) is 0 Å². The van der Waals surface area contributed by atoms with E-state index < -0.39 is 0 Å². The zero-order valence-electron chi connectivity index (χ0n) is 43.8. The van der Waals surface area contributed by atoms with Crippen LogP contribution in [0.3, 0.4) is 0 Å². The monoisotopic (exact) mass is 1000 g/mol. The summed E-state index contributed by atoms with van der Waals surface area (Å²) in [7, 11) is 0. The maximum absolute atomic E-state index is 2.59. The van der Waals surface area contributed by atoms with Crippen molar-refractivity contribution in [2.45, 2.75) is 19.3 Å². The second-order valence-electron chi connectivity index (χ2n) is 21.8. The first kappa shape index (κ1) is 45.3. The zero-order valence-corrected chi connectivity index (χ0v) is 43.8. The van der Waals surface area contributed by atoms with Crippen LogP contribution in [0.5, 0.6) is 0 Å². The van der Waals surface area contributed by atoms with Crippen LogP contribution in [0.15, 0.2) is 273 Å². The number of hydrogen-bond acceptors (Lipinski definition) is 0. The Morgan fingerprint density at radius 1 is 0.228 bits per heavy atom.